The van der Waals surface area contributed by atoms with Crippen LogP contribution in [0, 0.1) is 0 Å². The SMILES string of the molecule is CCC(=O)N1CCC(c2ccc(COc3ccccc3CCNC3CCCc4nc(C(=O)O)ccc43)cc2)CC1. The molecule has 1 atom stereocenters. The van der Waals surface area contributed by atoms with Gasteiger partial charge in [-0.3, -0.25) is 4.79 Å². The van der Waals surface area contributed by atoms with Gasteiger partial charge in [0.15, 0.2) is 0 Å². The molecule has 0 spiro atoms. The molecule has 1 aliphatic carbocycles. The fourth-order valence-electron chi connectivity index (χ4n) is 5.96. The molecule has 1 amide bonds. The molecule has 0 radical (unpaired) electrons. The summed E-state index contributed by atoms with van der Waals surface area (Å²) in [5.41, 5.74) is 5.78. The van der Waals surface area contributed by atoms with Crippen LogP contribution in [0.15, 0.2) is 60.7 Å². The second-order valence-electron chi connectivity index (χ2n) is 10.8. The van der Waals surface area contributed by atoms with E-state index in [2.05, 4.69) is 40.6 Å². The molecule has 0 saturated carbocycles. The van der Waals surface area contributed by atoms with Crippen molar-refractivity contribution in [3.05, 3.63) is 94.3 Å². The minimum absolute atomic E-state index is 0.116. The third-order valence-corrected chi connectivity index (χ3v) is 8.26. The van der Waals surface area contributed by atoms with Crippen LogP contribution in [-0.2, 0) is 24.2 Å². The number of nitrogens with one attached hydrogen (secondary N) is 1. The fourth-order valence-corrected chi connectivity index (χ4v) is 5.96. The molecule has 1 unspecified atom stereocenters. The van der Waals surface area contributed by atoms with Crippen LogP contribution >= 0.6 is 0 Å². The standard InChI is InChI=1S/C33H39N3O4/c1-2-32(37)36-20-17-25(18-21-36)24-12-10-23(11-13-24)22-40-31-9-4-3-6-26(31)16-19-34-28-7-5-8-29-27(28)14-15-30(35-29)33(38)39/h3-4,6,9-15,25,28,34H,2,5,7-8,16-22H2,1H3,(H,38,39). The van der Waals surface area contributed by atoms with Crippen LogP contribution in [0.25, 0.3) is 0 Å². The average Bonchev–Trinajstić information content (AvgIpc) is 3.00. The third kappa shape index (κ3) is 6.70. The number of para-hydroxylation sites is 1. The van der Waals surface area contributed by atoms with Crippen molar-refractivity contribution >= 4 is 11.9 Å². The topological polar surface area (TPSA) is 91.8 Å². The molecule has 2 heterocycles. The van der Waals surface area contributed by atoms with Gasteiger partial charge in [-0.2, -0.15) is 0 Å². The summed E-state index contributed by atoms with van der Waals surface area (Å²) in [5.74, 6) is 0.690. The number of fused-ring (bicyclic) bond motifs is 1. The number of nitrogens with zero attached hydrogens (tertiary/aromatic N) is 2. The first kappa shape index (κ1) is 27.8. The summed E-state index contributed by atoms with van der Waals surface area (Å²) in [6.07, 6.45) is 6.31. The van der Waals surface area contributed by atoms with Crippen LogP contribution in [0.3, 0.4) is 0 Å². The molecular formula is C33H39N3O4. The minimum atomic E-state index is -0.979. The maximum Gasteiger partial charge on any atom is 0.354 e. The van der Waals surface area contributed by atoms with Gasteiger partial charge in [0.2, 0.25) is 5.91 Å². The van der Waals surface area contributed by atoms with Gasteiger partial charge >= 0.3 is 5.97 Å². The number of amides is 1. The molecule has 3 aromatic rings. The smallest absolute Gasteiger partial charge is 0.354 e. The van der Waals surface area contributed by atoms with E-state index < -0.39 is 5.97 Å². The van der Waals surface area contributed by atoms with Gasteiger partial charge in [-0.15, -0.1) is 0 Å². The lowest BCUT2D eigenvalue weighted by atomic mass is 9.89. The van der Waals surface area contributed by atoms with Crippen molar-refractivity contribution in [1.82, 2.24) is 15.2 Å². The number of carboxylic acid groups (broad SMARTS) is 1. The quantitative estimate of drug-likeness (QED) is 0.343. The predicted octanol–water partition coefficient (Wildman–Crippen LogP) is 5.68. The molecule has 7 heteroatoms. The van der Waals surface area contributed by atoms with E-state index in [4.69, 9.17) is 4.74 Å². The number of benzene rings is 2. The average molecular weight is 542 g/mol. The van der Waals surface area contributed by atoms with Gasteiger partial charge in [0, 0.05) is 31.2 Å². The number of piperidine rings is 1. The van der Waals surface area contributed by atoms with E-state index in [9.17, 15) is 14.7 Å². The maximum absolute atomic E-state index is 12.0. The summed E-state index contributed by atoms with van der Waals surface area (Å²) >= 11 is 0. The second kappa shape index (κ2) is 13.1. The van der Waals surface area contributed by atoms with E-state index in [-0.39, 0.29) is 17.6 Å². The number of pyridine rings is 1. The summed E-state index contributed by atoms with van der Waals surface area (Å²) in [4.78, 5) is 29.6. The lowest BCUT2D eigenvalue weighted by Gasteiger charge is -2.32. The minimum Gasteiger partial charge on any atom is -0.489 e. The van der Waals surface area contributed by atoms with Gasteiger partial charge in [0.25, 0.3) is 0 Å². The van der Waals surface area contributed by atoms with E-state index in [1.165, 1.54) is 5.56 Å². The monoisotopic (exact) mass is 541 g/mol. The summed E-state index contributed by atoms with van der Waals surface area (Å²) in [5, 5.41) is 12.9. The zero-order valence-electron chi connectivity index (χ0n) is 23.3. The Morgan fingerprint density at radius 2 is 1.80 bits per heavy atom. The number of carbonyl (C=O) groups excluding carboxylic acids is 1. The molecule has 1 saturated heterocycles. The molecular weight excluding hydrogens is 502 g/mol. The Kier molecular flexibility index (Phi) is 9.12. The summed E-state index contributed by atoms with van der Waals surface area (Å²) in [7, 11) is 0. The number of carboxylic acids is 1. The van der Waals surface area contributed by atoms with Crippen LogP contribution < -0.4 is 10.1 Å². The number of aromatic nitrogens is 1. The summed E-state index contributed by atoms with van der Waals surface area (Å²) < 4.78 is 6.26. The highest BCUT2D eigenvalue weighted by Crippen LogP contribution is 2.30. The lowest BCUT2D eigenvalue weighted by Crippen LogP contribution is -2.37. The Hall–Kier alpha value is -3.71. The first-order valence-corrected chi connectivity index (χ1v) is 14.6. The highest BCUT2D eigenvalue weighted by atomic mass is 16.5. The van der Waals surface area contributed by atoms with E-state index in [0.29, 0.717) is 18.9 Å². The molecule has 1 aromatic heterocycles. The van der Waals surface area contributed by atoms with Crippen LogP contribution in [0.2, 0.25) is 0 Å². The molecule has 2 aliphatic rings. The largest absolute Gasteiger partial charge is 0.489 e. The Balaban J connectivity index is 1.13. The van der Waals surface area contributed by atoms with Gasteiger partial charge in [-0.25, -0.2) is 9.78 Å². The van der Waals surface area contributed by atoms with Crippen molar-refractivity contribution in [2.24, 2.45) is 0 Å². The summed E-state index contributed by atoms with van der Waals surface area (Å²) in [6.45, 7) is 4.94. The van der Waals surface area contributed by atoms with Crippen molar-refractivity contribution in [3.63, 3.8) is 0 Å². The Bertz CT molecular complexity index is 1320. The number of aromatic carboxylic acids is 1. The zero-order valence-corrected chi connectivity index (χ0v) is 23.3. The first-order valence-electron chi connectivity index (χ1n) is 14.6. The number of carbonyl (C=O) groups is 2. The van der Waals surface area contributed by atoms with Gasteiger partial charge in [0.05, 0.1) is 0 Å². The molecule has 0 bridgehead atoms. The highest BCUT2D eigenvalue weighted by Gasteiger charge is 2.24. The van der Waals surface area contributed by atoms with E-state index >= 15 is 0 Å². The number of rotatable bonds is 10. The Labute approximate surface area is 236 Å². The normalized spacial score (nSPS) is 17.3. The van der Waals surface area contributed by atoms with Crippen molar-refractivity contribution in [2.45, 2.75) is 70.4 Å². The van der Waals surface area contributed by atoms with Crippen LogP contribution in [0.4, 0.5) is 0 Å². The predicted molar refractivity (Wildman–Crippen MR) is 155 cm³/mol. The third-order valence-electron chi connectivity index (χ3n) is 8.26. The van der Waals surface area contributed by atoms with E-state index in [1.54, 1.807) is 6.07 Å². The molecule has 2 N–H and O–H groups in total. The maximum atomic E-state index is 12.0. The number of ether oxygens (including phenoxy) is 1. The molecule has 5 rings (SSSR count). The number of aryl methyl sites for hydroxylation is 1. The van der Waals surface area contributed by atoms with Gasteiger partial charge in [-0.1, -0.05) is 55.5 Å². The first-order chi connectivity index (χ1) is 19.5. The van der Waals surface area contributed by atoms with Crippen molar-refractivity contribution in [1.29, 1.82) is 0 Å². The lowest BCUT2D eigenvalue weighted by molar-refractivity contribution is -0.131. The number of likely N-dealkylation sites (tertiary alicyclic amines) is 1. The van der Waals surface area contributed by atoms with Gasteiger partial charge in [-0.05, 0) is 85.4 Å². The van der Waals surface area contributed by atoms with Gasteiger partial charge in [0.1, 0.15) is 18.1 Å². The Morgan fingerprint density at radius 3 is 2.55 bits per heavy atom. The molecule has 1 aliphatic heterocycles. The molecule has 1 fully saturated rings. The van der Waals surface area contributed by atoms with E-state index in [0.717, 1.165) is 86.3 Å². The molecule has 40 heavy (non-hydrogen) atoms. The van der Waals surface area contributed by atoms with Crippen molar-refractivity contribution in [2.75, 3.05) is 19.6 Å². The fraction of sp³-hybridized carbons (Fsp3) is 0.424. The molecule has 7 nitrogen and oxygen atoms in total. The van der Waals surface area contributed by atoms with Crippen LogP contribution in [-0.4, -0.2) is 46.5 Å². The van der Waals surface area contributed by atoms with Crippen LogP contribution in [0.5, 0.6) is 5.75 Å². The highest BCUT2D eigenvalue weighted by molar-refractivity contribution is 5.85. The Morgan fingerprint density at radius 1 is 1.02 bits per heavy atom. The van der Waals surface area contributed by atoms with Gasteiger partial charge < -0.3 is 20.1 Å². The molecule has 2 aromatic carbocycles. The number of hydrogen-bond donors (Lipinski definition) is 2. The zero-order chi connectivity index (χ0) is 27.9. The molecule has 210 valence electrons. The second-order valence-corrected chi connectivity index (χ2v) is 10.8. The number of hydrogen-bond acceptors (Lipinski definition) is 5. The van der Waals surface area contributed by atoms with Crippen molar-refractivity contribution < 1.29 is 19.4 Å². The van der Waals surface area contributed by atoms with Crippen LogP contribution in [0.1, 0.15) is 89.4 Å². The van der Waals surface area contributed by atoms with Crippen molar-refractivity contribution in [3.8, 4) is 5.75 Å². The van der Waals surface area contributed by atoms with E-state index in [1.807, 2.05) is 36.1 Å². The summed E-state index contributed by atoms with van der Waals surface area (Å²) in [6, 6.07) is 20.7.